The fourth-order valence-electron chi connectivity index (χ4n) is 6.51. The number of nitrogens with one attached hydrogen (secondary N) is 1. The van der Waals surface area contributed by atoms with Crippen LogP contribution in [0.2, 0.25) is 5.02 Å². The molecule has 6 rings (SSSR count). The van der Waals surface area contributed by atoms with Crippen LogP contribution in [0.15, 0.2) is 46.0 Å². The Morgan fingerprint density at radius 2 is 2.05 bits per heavy atom. The number of benzene rings is 1. The summed E-state index contributed by atoms with van der Waals surface area (Å²) in [6.45, 7) is 4.34. The number of rotatable bonds is 8. The number of carbonyl (C=O) groups is 3. The monoisotopic (exact) mass is 630 g/mol. The van der Waals surface area contributed by atoms with E-state index in [0.29, 0.717) is 74.1 Å². The van der Waals surface area contributed by atoms with Crippen molar-refractivity contribution >= 4 is 46.7 Å². The molecule has 228 valence electrons. The molecule has 4 atom stereocenters. The minimum Gasteiger partial charge on any atom is -0.481 e. The number of esters is 1. The van der Waals surface area contributed by atoms with Crippen LogP contribution >= 0.6 is 22.9 Å². The maximum Gasteiger partial charge on any atom is 0.338 e. The van der Waals surface area contributed by atoms with E-state index in [1.165, 1.54) is 23.5 Å². The molecule has 2 N–H and O–H groups in total. The minimum absolute atomic E-state index is 0.0399. The van der Waals surface area contributed by atoms with Gasteiger partial charge in [0.25, 0.3) is 0 Å². The van der Waals surface area contributed by atoms with E-state index < -0.39 is 29.7 Å². The molecule has 0 spiro atoms. The van der Waals surface area contributed by atoms with Crippen LogP contribution in [0.1, 0.15) is 42.8 Å². The van der Waals surface area contributed by atoms with E-state index in [9.17, 15) is 23.9 Å². The summed E-state index contributed by atoms with van der Waals surface area (Å²) in [5.74, 6) is -1.96. The quantitative estimate of drug-likeness (QED) is 0.424. The predicted octanol–water partition coefficient (Wildman–Crippen LogP) is 3.52. The molecule has 1 saturated carbocycles. The molecule has 14 heteroatoms. The van der Waals surface area contributed by atoms with Gasteiger partial charge in [-0.15, -0.1) is 11.3 Å². The van der Waals surface area contributed by atoms with Crippen molar-refractivity contribution < 1.29 is 28.6 Å². The molecule has 2 aromatic rings. The lowest BCUT2D eigenvalue weighted by molar-refractivity contribution is -0.141. The van der Waals surface area contributed by atoms with Crippen LogP contribution in [-0.2, 0) is 14.3 Å². The number of amidine groups is 1. The molecule has 2 amide bonds. The number of hydrogen-bond donors (Lipinski definition) is 2. The highest BCUT2D eigenvalue weighted by molar-refractivity contribution is 7.11. The molecular formula is C29H32ClFN6O5S. The lowest BCUT2D eigenvalue weighted by Crippen LogP contribution is -2.53. The lowest BCUT2D eigenvalue weighted by Gasteiger charge is -2.38. The molecule has 43 heavy (non-hydrogen) atoms. The smallest absolute Gasteiger partial charge is 0.338 e. The summed E-state index contributed by atoms with van der Waals surface area (Å²) in [7, 11) is 0. The molecular weight excluding hydrogens is 599 g/mol. The van der Waals surface area contributed by atoms with Gasteiger partial charge in [-0.1, -0.05) is 23.7 Å². The molecule has 1 aliphatic carbocycles. The summed E-state index contributed by atoms with van der Waals surface area (Å²) in [4.78, 5) is 53.3. The van der Waals surface area contributed by atoms with Crippen LogP contribution < -0.4 is 5.32 Å². The van der Waals surface area contributed by atoms with E-state index in [1.54, 1.807) is 19.2 Å². The second-order valence-electron chi connectivity index (χ2n) is 11.1. The predicted molar refractivity (Wildman–Crippen MR) is 157 cm³/mol. The first-order valence-electron chi connectivity index (χ1n) is 14.4. The Morgan fingerprint density at radius 3 is 2.77 bits per heavy atom. The van der Waals surface area contributed by atoms with Gasteiger partial charge in [-0.25, -0.2) is 19.0 Å². The number of aromatic nitrogens is 1. The summed E-state index contributed by atoms with van der Waals surface area (Å²) >= 11 is 7.80. The Labute approximate surface area is 257 Å². The highest BCUT2D eigenvalue weighted by Gasteiger charge is 2.46. The van der Waals surface area contributed by atoms with Crippen molar-refractivity contribution in [2.45, 2.75) is 44.3 Å². The van der Waals surface area contributed by atoms with Crippen LogP contribution in [0, 0.1) is 11.7 Å². The van der Waals surface area contributed by atoms with Gasteiger partial charge in [-0.2, -0.15) is 0 Å². The van der Waals surface area contributed by atoms with Gasteiger partial charge in [0.15, 0.2) is 10.8 Å². The minimum atomic E-state index is -0.924. The molecule has 2 saturated heterocycles. The summed E-state index contributed by atoms with van der Waals surface area (Å²) in [5.41, 5.74) is 1.14. The molecule has 1 aromatic carbocycles. The van der Waals surface area contributed by atoms with Gasteiger partial charge >= 0.3 is 18.0 Å². The highest BCUT2D eigenvalue weighted by atomic mass is 35.5. The van der Waals surface area contributed by atoms with Crippen molar-refractivity contribution in [3.05, 3.63) is 62.5 Å². The maximum atomic E-state index is 14.6. The normalized spacial score (nSPS) is 25.9. The zero-order valence-electron chi connectivity index (χ0n) is 23.5. The van der Waals surface area contributed by atoms with Gasteiger partial charge in [-0.3, -0.25) is 14.7 Å². The molecule has 1 aromatic heterocycles. The van der Waals surface area contributed by atoms with E-state index in [-0.39, 0.29) is 35.3 Å². The Bertz CT molecular complexity index is 1490. The van der Waals surface area contributed by atoms with Crippen molar-refractivity contribution in [3.63, 3.8) is 0 Å². The molecule has 4 aliphatic rings. The van der Waals surface area contributed by atoms with E-state index in [0.717, 1.165) is 0 Å². The standard InChI is InChI=1S/C29H32ClFN6O5S/c1-2-42-28(40)22-21(33-25(26-32-8-11-43-26)34-24(22)19-4-3-5-20(31)23(19)30)15-35-9-10-36-18(13-35)14-37(29(36)41)17-7-6-16(12-17)27(38)39/h3-5,8,11,16-18,24H,2,6-7,9-10,12-15H2,1H3,(H,33,34)(H,38,39). The average Bonchev–Trinajstić information content (AvgIpc) is 3.75. The molecule has 4 heterocycles. The topological polar surface area (TPSA) is 128 Å². The van der Waals surface area contributed by atoms with Gasteiger partial charge in [0.05, 0.1) is 29.2 Å². The van der Waals surface area contributed by atoms with Gasteiger partial charge < -0.3 is 25.0 Å². The van der Waals surface area contributed by atoms with Crippen molar-refractivity contribution in [3.8, 4) is 0 Å². The van der Waals surface area contributed by atoms with Crippen molar-refractivity contribution in [2.75, 3.05) is 39.3 Å². The van der Waals surface area contributed by atoms with Gasteiger partial charge in [0.2, 0.25) is 0 Å². The number of ether oxygens (including phenoxy) is 1. The van der Waals surface area contributed by atoms with E-state index in [2.05, 4.69) is 15.2 Å². The third-order valence-corrected chi connectivity index (χ3v) is 9.75. The first-order valence-corrected chi connectivity index (χ1v) is 15.6. The molecule has 0 bridgehead atoms. The Hall–Kier alpha value is -3.55. The fourth-order valence-corrected chi connectivity index (χ4v) is 7.33. The number of nitrogens with zero attached hydrogens (tertiary/aromatic N) is 5. The second-order valence-corrected chi connectivity index (χ2v) is 12.4. The van der Waals surface area contributed by atoms with Crippen molar-refractivity contribution in [2.24, 2.45) is 10.9 Å². The summed E-state index contributed by atoms with van der Waals surface area (Å²) in [5, 5.41) is 15.1. The van der Waals surface area contributed by atoms with Crippen LogP contribution in [0.5, 0.6) is 0 Å². The van der Waals surface area contributed by atoms with Crippen molar-refractivity contribution in [1.82, 2.24) is 25.0 Å². The number of halogens is 2. The summed E-state index contributed by atoms with van der Waals surface area (Å²) < 4.78 is 20.1. The maximum absolute atomic E-state index is 14.6. The number of fused-ring (bicyclic) bond motifs is 1. The number of amides is 2. The van der Waals surface area contributed by atoms with E-state index in [1.807, 2.05) is 15.2 Å². The summed E-state index contributed by atoms with van der Waals surface area (Å²) in [6.07, 6.45) is 3.41. The van der Waals surface area contributed by atoms with Crippen LogP contribution in [0.3, 0.4) is 0 Å². The SMILES string of the molecule is CCOC(=O)C1=C(CN2CCN3C(=O)N(C4CCC(C(=O)O)C4)CC3C2)NC(c2nccs2)=NC1c1cccc(F)c1Cl. The number of aliphatic carboxylic acids is 1. The fraction of sp³-hybridized carbons (Fsp3) is 0.483. The third kappa shape index (κ3) is 5.73. The summed E-state index contributed by atoms with van der Waals surface area (Å²) in [6, 6.07) is 3.34. The number of carboxylic acid groups (broad SMARTS) is 1. The molecule has 4 unspecified atom stereocenters. The number of carbonyl (C=O) groups excluding carboxylic acids is 2. The van der Waals surface area contributed by atoms with Crippen LogP contribution in [0.25, 0.3) is 0 Å². The zero-order chi connectivity index (χ0) is 30.2. The molecule has 3 aliphatic heterocycles. The largest absolute Gasteiger partial charge is 0.481 e. The van der Waals surface area contributed by atoms with Crippen molar-refractivity contribution in [1.29, 1.82) is 0 Å². The molecule has 0 radical (unpaired) electrons. The number of urea groups is 1. The van der Waals surface area contributed by atoms with E-state index in [4.69, 9.17) is 21.3 Å². The second kappa shape index (κ2) is 12.2. The number of carboxylic acids is 1. The third-order valence-electron chi connectivity index (χ3n) is 8.57. The Kier molecular flexibility index (Phi) is 8.38. The Morgan fingerprint density at radius 1 is 1.21 bits per heavy atom. The molecule has 11 nitrogen and oxygen atoms in total. The number of piperazine rings is 1. The lowest BCUT2D eigenvalue weighted by atomic mass is 9.95. The van der Waals surface area contributed by atoms with Crippen LogP contribution in [0.4, 0.5) is 9.18 Å². The first-order chi connectivity index (χ1) is 20.7. The number of hydrogen-bond acceptors (Lipinski definition) is 9. The highest BCUT2D eigenvalue weighted by Crippen LogP contribution is 2.38. The zero-order valence-corrected chi connectivity index (χ0v) is 25.1. The van der Waals surface area contributed by atoms with Gasteiger partial charge in [-0.05, 0) is 32.3 Å². The molecule has 3 fully saturated rings. The van der Waals surface area contributed by atoms with Crippen LogP contribution in [-0.4, -0.2) is 100 Å². The first kappa shape index (κ1) is 29.5. The number of thiazole rings is 1. The van der Waals surface area contributed by atoms with Gasteiger partial charge in [0, 0.05) is 61.6 Å². The Balaban J connectivity index is 1.28. The average molecular weight is 631 g/mol. The van der Waals surface area contributed by atoms with Gasteiger partial charge in [0.1, 0.15) is 11.9 Å². The van der Waals surface area contributed by atoms with E-state index >= 15 is 0 Å². The number of aliphatic imine (C=N–C) groups is 1.